The summed E-state index contributed by atoms with van der Waals surface area (Å²) in [6, 6.07) is 7.05. The highest BCUT2D eigenvalue weighted by molar-refractivity contribution is 7.92. The molecule has 0 bridgehead atoms. The number of hydrogen-bond donors (Lipinski definition) is 1. The maximum absolute atomic E-state index is 13.7. The molecule has 5 nitrogen and oxygen atoms in total. The maximum Gasteiger partial charge on any atom is 0.261 e. The number of nitrogens with one attached hydrogen (secondary N) is 1. The molecular formula is C17H13F3N2O3S. The topological polar surface area (TPSA) is 72.2 Å². The van der Waals surface area contributed by atoms with Gasteiger partial charge in [-0.3, -0.25) is 4.72 Å². The van der Waals surface area contributed by atoms with Crippen LogP contribution in [0.25, 0.3) is 11.3 Å². The third-order valence-electron chi connectivity index (χ3n) is 3.62. The van der Waals surface area contributed by atoms with E-state index in [4.69, 9.17) is 4.42 Å². The highest BCUT2D eigenvalue weighted by Gasteiger charge is 2.20. The fourth-order valence-corrected chi connectivity index (χ4v) is 3.46. The molecule has 0 aliphatic heterocycles. The van der Waals surface area contributed by atoms with Gasteiger partial charge >= 0.3 is 0 Å². The van der Waals surface area contributed by atoms with Gasteiger partial charge < -0.3 is 4.42 Å². The summed E-state index contributed by atoms with van der Waals surface area (Å²) in [5.74, 6) is -3.71. The average Bonchev–Trinajstić information content (AvgIpc) is 2.94. The van der Waals surface area contributed by atoms with Crippen LogP contribution in [-0.4, -0.2) is 13.4 Å². The van der Waals surface area contributed by atoms with Crippen molar-refractivity contribution in [2.75, 3.05) is 4.72 Å². The van der Waals surface area contributed by atoms with Gasteiger partial charge in [-0.2, -0.15) is 0 Å². The number of hydrogen-bond acceptors (Lipinski definition) is 4. The number of anilines is 1. The van der Waals surface area contributed by atoms with Crippen molar-refractivity contribution in [3.05, 3.63) is 65.5 Å². The molecule has 0 amide bonds. The number of aryl methyl sites for hydroxylation is 2. The van der Waals surface area contributed by atoms with E-state index >= 15 is 0 Å². The van der Waals surface area contributed by atoms with E-state index in [1.807, 2.05) is 4.72 Å². The second-order valence-electron chi connectivity index (χ2n) is 5.49. The number of rotatable bonds is 4. The Kier molecular flexibility index (Phi) is 4.49. The molecule has 0 fully saturated rings. The first-order chi connectivity index (χ1) is 12.2. The van der Waals surface area contributed by atoms with Gasteiger partial charge in [-0.1, -0.05) is 12.1 Å². The lowest BCUT2D eigenvalue weighted by molar-refractivity contribution is 0.449. The smallest absolute Gasteiger partial charge is 0.261 e. The zero-order valence-electron chi connectivity index (χ0n) is 13.7. The molecular weight excluding hydrogens is 369 g/mol. The Hall–Kier alpha value is -2.81. The molecule has 0 aliphatic carbocycles. The molecule has 1 heterocycles. The van der Waals surface area contributed by atoms with Crippen LogP contribution in [0.5, 0.6) is 0 Å². The van der Waals surface area contributed by atoms with Gasteiger partial charge in [-0.05, 0) is 31.2 Å². The normalized spacial score (nSPS) is 11.6. The van der Waals surface area contributed by atoms with Crippen molar-refractivity contribution in [2.45, 2.75) is 18.7 Å². The minimum atomic E-state index is -4.19. The minimum Gasteiger partial charge on any atom is -0.446 e. The van der Waals surface area contributed by atoms with E-state index in [9.17, 15) is 21.6 Å². The van der Waals surface area contributed by atoms with E-state index in [1.165, 1.54) is 24.3 Å². The number of aromatic nitrogens is 1. The first kappa shape index (κ1) is 18.0. The summed E-state index contributed by atoms with van der Waals surface area (Å²) in [5.41, 5.74) is 0.527. The predicted octanol–water partition coefficient (Wildman–Crippen LogP) is 4.18. The van der Waals surface area contributed by atoms with Crippen molar-refractivity contribution in [1.29, 1.82) is 0 Å². The molecule has 1 N–H and O–H groups in total. The summed E-state index contributed by atoms with van der Waals surface area (Å²) < 4.78 is 71.8. The van der Waals surface area contributed by atoms with Crippen LogP contribution in [0.2, 0.25) is 0 Å². The third-order valence-corrected chi connectivity index (χ3v) is 5.00. The van der Waals surface area contributed by atoms with Gasteiger partial charge in [0, 0.05) is 12.5 Å². The largest absolute Gasteiger partial charge is 0.446 e. The Bertz CT molecular complexity index is 1080. The lowest BCUT2D eigenvalue weighted by Gasteiger charge is -2.10. The zero-order chi connectivity index (χ0) is 19.1. The van der Waals surface area contributed by atoms with Crippen molar-refractivity contribution in [2.24, 2.45) is 0 Å². The van der Waals surface area contributed by atoms with Crippen LogP contribution in [-0.2, 0) is 10.0 Å². The molecule has 2 aromatic carbocycles. The maximum atomic E-state index is 13.7. The second-order valence-corrected chi connectivity index (χ2v) is 7.17. The van der Waals surface area contributed by atoms with Gasteiger partial charge in [-0.15, -0.1) is 0 Å². The van der Waals surface area contributed by atoms with Crippen molar-refractivity contribution >= 4 is 15.7 Å². The molecule has 0 aliphatic rings. The summed E-state index contributed by atoms with van der Waals surface area (Å²) >= 11 is 0. The fraction of sp³-hybridized carbons (Fsp3) is 0.118. The van der Waals surface area contributed by atoms with Crippen LogP contribution in [0, 0.1) is 31.3 Å². The zero-order valence-corrected chi connectivity index (χ0v) is 14.5. The van der Waals surface area contributed by atoms with Crippen molar-refractivity contribution in [3.63, 3.8) is 0 Å². The predicted molar refractivity (Wildman–Crippen MR) is 88.5 cm³/mol. The van der Waals surface area contributed by atoms with Gasteiger partial charge in [0.05, 0.1) is 10.6 Å². The number of benzene rings is 2. The Morgan fingerprint density at radius 3 is 2.19 bits per heavy atom. The summed E-state index contributed by atoms with van der Waals surface area (Å²) in [6.45, 7) is 3.42. The molecule has 0 saturated carbocycles. The Morgan fingerprint density at radius 2 is 1.62 bits per heavy atom. The molecule has 0 saturated heterocycles. The average molecular weight is 382 g/mol. The number of nitrogens with zero attached hydrogens (tertiary/aromatic N) is 1. The van der Waals surface area contributed by atoms with Crippen LogP contribution in [0.15, 0.2) is 45.7 Å². The van der Waals surface area contributed by atoms with Crippen LogP contribution in [0.4, 0.5) is 18.9 Å². The first-order valence-corrected chi connectivity index (χ1v) is 8.88. The number of halogens is 3. The molecule has 3 aromatic rings. The molecule has 9 heteroatoms. The van der Waals surface area contributed by atoms with Gasteiger partial charge in [0.25, 0.3) is 10.0 Å². The van der Waals surface area contributed by atoms with Crippen LogP contribution in [0.3, 0.4) is 0 Å². The highest BCUT2D eigenvalue weighted by atomic mass is 32.2. The van der Waals surface area contributed by atoms with Crippen LogP contribution < -0.4 is 4.72 Å². The summed E-state index contributed by atoms with van der Waals surface area (Å²) in [5, 5.41) is 0. The van der Waals surface area contributed by atoms with Gasteiger partial charge in [0.2, 0.25) is 0 Å². The molecule has 0 spiro atoms. The molecule has 3 rings (SSSR count). The van der Waals surface area contributed by atoms with E-state index in [1.54, 1.807) is 13.8 Å². The van der Waals surface area contributed by atoms with E-state index < -0.39 is 33.2 Å². The molecule has 0 radical (unpaired) electrons. The molecule has 0 atom stereocenters. The number of oxazole rings is 1. The van der Waals surface area contributed by atoms with E-state index in [0.717, 1.165) is 6.07 Å². The number of sulfonamides is 1. The standard InChI is InChI=1S/C17H13F3N2O3S/c1-9-17(21-10(2)25-9)11-3-5-12(6-4-11)26(23,24)22-14-8-7-13(18)15(19)16(14)20/h3-8,22H,1-2H3. The summed E-state index contributed by atoms with van der Waals surface area (Å²) in [7, 11) is -4.19. The quantitative estimate of drug-likeness (QED) is 0.687. The van der Waals surface area contributed by atoms with Crippen molar-refractivity contribution in [3.8, 4) is 11.3 Å². The van der Waals surface area contributed by atoms with Crippen LogP contribution >= 0.6 is 0 Å². The monoisotopic (exact) mass is 382 g/mol. The van der Waals surface area contributed by atoms with Gasteiger partial charge in [-0.25, -0.2) is 26.6 Å². The Morgan fingerprint density at radius 1 is 0.962 bits per heavy atom. The lowest BCUT2D eigenvalue weighted by Crippen LogP contribution is -2.14. The van der Waals surface area contributed by atoms with E-state index in [2.05, 4.69) is 4.98 Å². The second kappa shape index (κ2) is 6.49. The Balaban J connectivity index is 1.91. The first-order valence-electron chi connectivity index (χ1n) is 7.40. The van der Waals surface area contributed by atoms with E-state index in [-0.39, 0.29) is 4.90 Å². The summed E-state index contributed by atoms with van der Waals surface area (Å²) in [4.78, 5) is 4.03. The fourth-order valence-electron chi connectivity index (χ4n) is 2.40. The van der Waals surface area contributed by atoms with Gasteiger partial charge in [0.15, 0.2) is 23.3 Å². The molecule has 136 valence electrons. The SMILES string of the molecule is Cc1nc(-c2ccc(S(=O)(=O)Nc3ccc(F)c(F)c3F)cc2)c(C)o1. The van der Waals surface area contributed by atoms with Gasteiger partial charge in [0.1, 0.15) is 11.5 Å². The molecule has 0 unspecified atom stereocenters. The van der Waals surface area contributed by atoms with Crippen LogP contribution in [0.1, 0.15) is 11.7 Å². The van der Waals surface area contributed by atoms with Crippen molar-refractivity contribution in [1.82, 2.24) is 4.98 Å². The Labute approximate surface area is 147 Å². The third kappa shape index (κ3) is 3.30. The minimum absolute atomic E-state index is 0.178. The van der Waals surface area contributed by atoms with E-state index in [0.29, 0.717) is 29.0 Å². The van der Waals surface area contributed by atoms with Crippen molar-refractivity contribution < 1.29 is 26.0 Å². The highest BCUT2D eigenvalue weighted by Crippen LogP contribution is 2.26. The lowest BCUT2D eigenvalue weighted by atomic mass is 10.1. The molecule has 1 aromatic heterocycles. The summed E-state index contributed by atoms with van der Waals surface area (Å²) in [6.07, 6.45) is 0. The molecule has 26 heavy (non-hydrogen) atoms.